The third kappa shape index (κ3) is 7.41. The van der Waals surface area contributed by atoms with Crippen LogP contribution in [0.1, 0.15) is 55.4 Å². The van der Waals surface area contributed by atoms with Crippen LogP contribution >= 0.6 is 11.8 Å². The van der Waals surface area contributed by atoms with Crippen LogP contribution in [0.25, 0.3) is 0 Å². The average molecular weight is 556 g/mol. The zero-order chi connectivity index (χ0) is 27.9. The SMILES string of the molecule is CC(=O)O[C@@H](C)C(=O)NCc1ccc(C2O[C@H](CSc3nnnn3C)[C@H](C)[C@H](c3ccc(CO)cc3)O2)cc1. The fraction of sp³-hybridized carbons (Fsp3) is 0.444. The fourth-order valence-electron chi connectivity index (χ4n) is 4.24. The van der Waals surface area contributed by atoms with Crippen LogP contribution in [-0.4, -0.2) is 55.2 Å². The first-order valence-electron chi connectivity index (χ1n) is 12.6. The molecular formula is C27H33N5O6S. The largest absolute Gasteiger partial charge is 0.453 e. The van der Waals surface area contributed by atoms with Gasteiger partial charge < -0.3 is 24.6 Å². The summed E-state index contributed by atoms with van der Waals surface area (Å²) in [6.07, 6.45) is -1.86. The Labute approximate surface area is 231 Å². The van der Waals surface area contributed by atoms with Crippen molar-refractivity contribution in [3.63, 3.8) is 0 Å². The number of carbonyl (C=O) groups excluding carboxylic acids is 2. The molecule has 0 radical (unpaired) electrons. The molecule has 1 unspecified atom stereocenters. The molecule has 11 nitrogen and oxygen atoms in total. The van der Waals surface area contributed by atoms with Crippen LogP contribution in [0.5, 0.6) is 0 Å². The number of amides is 1. The Morgan fingerprint density at radius 1 is 1.10 bits per heavy atom. The number of rotatable bonds is 10. The standard InChI is InChI=1S/C27H33N5O6S/c1-16-23(15-39-27-29-30-31-32(27)4)37-26(38-24(16)21-9-7-20(14-33)8-10-21)22-11-5-19(6-12-22)13-28-25(35)17(2)36-18(3)34/h5-12,16-17,23-24,26,33H,13-15H2,1-4H3,(H,28,35)/t16-,17-,23+,24+,26?/m0/s1. The van der Waals surface area contributed by atoms with E-state index in [1.54, 1.807) is 11.7 Å². The van der Waals surface area contributed by atoms with Gasteiger partial charge in [-0.2, -0.15) is 0 Å². The molecule has 0 spiro atoms. The van der Waals surface area contributed by atoms with Crippen LogP contribution in [0.2, 0.25) is 0 Å². The van der Waals surface area contributed by atoms with Crippen LogP contribution in [0.15, 0.2) is 53.7 Å². The molecule has 1 aliphatic rings. The molecular weight excluding hydrogens is 522 g/mol. The quantitative estimate of drug-likeness (QED) is 0.284. The van der Waals surface area contributed by atoms with E-state index in [1.165, 1.54) is 25.6 Å². The first-order valence-corrected chi connectivity index (χ1v) is 13.6. The first-order chi connectivity index (χ1) is 18.7. The summed E-state index contributed by atoms with van der Waals surface area (Å²) in [6, 6.07) is 15.4. The van der Waals surface area contributed by atoms with Gasteiger partial charge in [0, 0.05) is 37.8 Å². The highest BCUT2D eigenvalue weighted by molar-refractivity contribution is 7.99. The molecule has 2 heterocycles. The van der Waals surface area contributed by atoms with E-state index >= 15 is 0 Å². The summed E-state index contributed by atoms with van der Waals surface area (Å²) < 4.78 is 19.5. The number of aryl methyl sites for hydroxylation is 1. The molecule has 1 saturated heterocycles. The van der Waals surface area contributed by atoms with Gasteiger partial charge in [-0.05, 0) is 34.0 Å². The zero-order valence-corrected chi connectivity index (χ0v) is 23.1. The van der Waals surface area contributed by atoms with Gasteiger partial charge in [0.05, 0.1) is 18.8 Å². The van der Waals surface area contributed by atoms with Gasteiger partial charge in [0.1, 0.15) is 0 Å². The molecule has 0 aliphatic carbocycles. The second kappa shape index (κ2) is 13.2. The minimum absolute atomic E-state index is 0.0203. The molecule has 1 aromatic heterocycles. The molecule has 1 amide bonds. The average Bonchev–Trinajstić information content (AvgIpc) is 3.35. The van der Waals surface area contributed by atoms with Gasteiger partial charge in [-0.15, -0.1) is 5.10 Å². The number of hydrogen-bond acceptors (Lipinski definition) is 10. The van der Waals surface area contributed by atoms with Gasteiger partial charge in [0.15, 0.2) is 12.4 Å². The van der Waals surface area contributed by atoms with Gasteiger partial charge in [-0.1, -0.05) is 67.2 Å². The van der Waals surface area contributed by atoms with Crippen molar-refractivity contribution in [1.29, 1.82) is 0 Å². The smallest absolute Gasteiger partial charge is 0.303 e. The first kappa shape index (κ1) is 28.7. The summed E-state index contributed by atoms with van der Waals surface area (Å²) >= 11 is 1.52. The molecule has 2 N–H and O–H groups in total. The number of nitrogens with zero attached hydrogens (tertiary/aromatic N) is 4. The van der Waals surface area contributed by atoms with Crippen molar-refractivity contribution in [2.75, 3.05) is 5.75 Å². The number of esters is 1. The zero-order valence-electron chi connectivity index (χ0n) is 22.3. The van der Waals surface area contributed by atoms with E-state index in [0.717, 1.165) is 22.3 Å². The monoisotopic (exact) mass is 555 g/mol. The normalized spacial score (nSPS) is 21.8. The van der Waals surface area contributed by atoms with Crippen molar-refractivity contribution in [2.45, 2.75) is 63.7 Å². The summed E-state index contributed by atoms with van der Waals surface area (Å²) in [5.74, 6) is -0.207. The molecule has 2 aromatic carbocycles. The van der Waals surface area contributed by atoms with Crippen molar-refractivity contribution in [1.82, 2.24) is 25.5 Å². The molecule has 4 rings (SSSR count). The number of aliphatic hydroxyl groups excluding tert-OH is 1. The molecule has 1 fully saturated rings. The topological polar surface area (TPSA) is 138 Å². The third-order valence-corrected chi connectivity index (χ3v) is 7.61. The van der Waals surface area contributed by atoms with E-state index in [4.69, 9.17) is 14.2 Å². The molecule has 1 aliphatic heterocycles. The summed E-state index contributed by atoms with van der Waals surface area (Å²) in [7, 11) is 1.80. The third-order valence-electron chi connectivity index (χ3n) is 6.51. The maximum absolute atomic E-state index is 12.2. The van der Waals surface area contributed by atoms with Gasteiger partial charge in [0.25, 0.3) is 5.91 Å². The van der Waals surface area contributed by atoms with Crippen LogP contribution < -0.4 is 5.32 Å². The van der Waals surface area contributed by atoms with Crippen molar-refractivity contribution >= 4 is 23.6 Å². The molecule has 0 bridgehead atoms. The highest BCUT2D eigenvalue weighted by atomic mass is 32.2. The number of aromatic nitrogens is 4. The van der Waals surface area contributed by atoms with E-state index < -0.39 is 18.4 Å². The number of ether oxygens (including phenoxy) is 3. The molecule has 39 heavy (non-hydrogen) atoms. The Balaban J connectivity index is 1.47. The summed E-state index contributed by atoms with van der Waals surface area (Å²) in [5.41, 5.74) is 3.56. The Morgan fingerprint density at radius 3 is 2.38 bits per heavy atom. The maximum atomic E-state index is 12.2. The molecule has 208 valence electrons. The second-order valence-corrected chi connectivity index (χ2v) is 10.4. The van der Waals surface area contributed by atoms with Crippen molar-refractivity contribution < 1.29 is 28.9 Å². The van der Waals surface area contributed by atoms with Gasteiger partial charge >= 0.3 is 5.97 Å². The van der Waals surface area contributed by atoms with Crippen molar-refractivity contribution in [3.8, 4) is 0 Å². The summed E-state index contributed by atoms with van der Waals surface area (Å²) in [4.78, 5) is 23.2. The Bertz CT molecular complexity index is 1250. The minimum atomic E-state index is -0.858. The van der Waals surface area contributed by atoms with E-state index in [0.29, 0.717) is 17.5 Å². The van der Waals surface area contributed by atoms with Crippen molar-refractivity contribution in [2.24, 2.45) is 13.0 Å². The Kier molecular flexibility index (Phi) is 9.68. The van der Waals surface area contributed by atoms with Crippen LogP contribution in [0.3, 0.4) is 0 Å². The second-order valence-electron chi connectivity index (χ2n) is 9.43. The lowest BCUT2D eigenvalue weighted by molar-refractivity contribution is -0.268. The lowest BCUT2D eigenvalue weighted by Gasteiger charge is -2.41. The number of hydrogen-bond donors (Lipinski definition) is 2. The number of carbonyl (C=O) groups is 2. The number of tetrazole rings is 1. The van der Waals surface area contributed by atoms with Gasteiger partial charge in [0.2, 0.25) is 5.16 Å². The Morgan fingerprint density at radius 2 is 1.77 bits per heavy atom. The van der Waals surface area contributed by atoms with E-state index in [-0.39, 0.29) is 30.6 Å². The molecule has 12 heteroatoms. The fourth-order valence-corrected chi connectivity index (χ4v) is 5.25. The maximum Gasteiger partial charge on any atom is 0.303 e. The molecule has 3 aromatic rings. The van der Waals surface area contributed by atoms with Gasteiger partial charge in [-0.3, -0.25) is 9.59 Å². The predicted octanol–water partition coefficient (Wildman–Crippen LogP) is 2.85. The highest BCUT2D eigenvalue weighted by Crippen LogP contribution is 2.42. The van der Waals surface area contributed by atoms with Crippen LogP contribution in [0, 0.1) is 5.92 Å². The number of benzene rings is 2. The van der Waals surface area contributed by atoms with Crippen LogP contribution in [0.4, 0.5) is 0 Å². The van der Waals surface area contributed by atoms with E-state index in [9.17, 15) is 14.7 Å². The number of aliphatic hydroxyl groups is 1. The van der Waals surface area contributed by atoms with E-state index in [1.807, 2.05) is 48.5 Å². The number of thioether (sulfide) groups is 1. The number of nitrogens with one attached hydrogen (secondary N) is 1. The lowest BCUT2D eigenvalue weighted by Crippen LogP contribution is -2.38. The molecule has 5 atom stereocenters. The highest BCUT2D eigenvalue weighted by Gasteiger charge is 2.38. The summed E-state index contributed by atoms with van der Waals surface area (Å²) in [5, 5.41) is 24.6. The van der Waals surface area contributed by atoms with Crippen LogP contribution in [-0.2, 0) is 44.0 Å². The predicted molar refractivity (Wildman–Crippen MR) is 142 cm³/mol. The summed E-state index contributed by atoms with van der Waals surface area (Å²) in [6.45, 7) is 5.17. The van der Waals surface area contributed by atoms with Crippen molar-refractivity contribution in [3.05, 3.63) is 70.8 Å². The molecule has 0 saturated carbocycles. The lowest BCUT2D eigenvalue weighted by atomic mass is 9.91. The van der Waals surface area contributed by atoms with Gasteiger partial charge in [-0.25, -0.2) is 4.68 Å². The van der Waals surface area contributed by atoms with E-state index in [2.05, 4.69) is 27.8 Å². The minimum Gasteiger partial charge on any atom is -0.453 e. The Hall–Kier alpha value is -3.32.